The maximum Gasteiger partial charge on any atom is 0.255 e. The normalized spacial score (nSPS) is 14.7. The van der Waals surface area contributed by atoms with E-state index in [1.54, 1.807) is 30.3 Å². The van der Waals surface area contributed by atoms with Gasteiger partial charge >= 0.3 is 0 Å². The number of benzene rings is 3. The van der Waals surface area contributed by atoms with Gasteiger partial charge in [-0.25, -0.2) is 4.39 Å². The molecule has 1 aromatic heterocycles. The van der Waals surface area contributed by atoms with Gasteiger partial charge in [-0.05, 0) is 112 Å². The fourth-order valence-electron chi connectivity index (χ4n) is 4.94. The molecule has 1 aliphatic rings. The predicted octanol–water partition coefficient (Wildman–Crippen LogP) is 6.05. The second-order valence-electron chi connectivity index (χ2n) is 9.97. The Morgan fingerprint density at radius 3 is 2.62 bits per heavy atom. The molecule has 0 spiro atoms. The first-order valence-corrected chi connectivity index (χ1v) is 12.9. The molecule has 0 unspecified atom stereocenters. The van der Waals surface area contributed by atoms with Crippen LogP contribution >= 0.6 is 0 Å². The van der Waals surface area contributed by atoms with Gasteiger partial charge in [0.05, 0.1) is 11.2 Å². The Morgan fingerprint density at radius 2 is 1.86 bits per heavy atom. The van der Waals surface area contributed by atoms with Crippen LogP contribution in [0.5, 0.6) is 5.75 Å². The Labute approximate surface area is 217 Å². The summed E-state index contributed by atoms with van der Waals surface area (Å²) in [5.41, 5.74) is 4.07. The molecule has 3 aromatic carbocycles. The SMILES string of the molecule is Cc1nn(CCC2CCN(C)CC2)c2cc(NC(=O)c3ccc(OCc4cccc(F)c4)cc3)ccc12. The highest BCUT2D eigenvalue weighted by Gasteiger charge is 2.18. The topological polar surface area (TPSA) is 59.4 Å². The highest BCUT2D eigenvalue weighted by Crippen LogP contribution is 2.26. The summed E-state index contributed by atoms with van der Waals surface area (Å²) in [6.45, 7) is 5.51. The summed E-state index contributed by atoms with van der Waals surface area (Å²) >= 11 is 0. The van der Waals surface area contributed by atoms with E-state index in [2.05, 4.69) is 21.9 Å². The smallest absolute Gasteiger partial charge is 0.255 e. The van der Waals surface area contributed by atoms with Crippen LogP contribution in [0.1, 0.15) is 40.9 Å². The number of ether oxygens (including phenoxy) is 1. The Kier molecular flexibility index (Phi) is 7.51. The van der Waals surface area contributed by atoms with E-state index in [0.29, 0.717) is 11.3 Å². The summed E-state index contributed by atoms with van der Waals surface area (Å²) in [5, 5.41) is 8.91. The van der Waals surface area contributed by atoms with Crippen LogP contribution in [-0.2, 0) is 13.2 Å². The van der Waals surface area contributed by atoms with Crippen molar-refractivity contribution in [1.29, 1.82) is 0 Å². The zero-order valence-corrected chi connectivity index (χ0v) is 21.4. The lowest BCUT2D eigenvalue weighted by atomic mass is 9.94. The minimum Gasteiger partial charge on any atom is -0.489 e. The van der Waals surface area contributed by atoms with Crippen LogP contribution in [-0.4, -0.2) is 40.7 Å². The number of carbonyl (C=O) groups excluding carboxylic acids is 1. The van der Waals surface area contributed by atoms with Crippen LogP contribution in [0.15, 0.2) is 66.7 Å². The standard InChI is InChI=1S/C30H33FN4O2/c1-21-28-11-8-26(19-29(28)35(33-21)17-14-22-12-15-34(2)16-13-22)32-30(36)24-6-9-27(10-7-24)37-20-23-4-3-5-25(31)18-23/h3-11,18-19,22H,12-17,20H2,1-2H3,(H,32,36). The molecule has 192 valence electrons. The van der Waals surface area contributed by atoms with Crippen molar-refractivity contribution < 1.29 is 13.9 Å². The summed E-state index contributed by atoms with van der Waals surface area (Å²) < 4.78 is 21.2. The van der Waals surface area contributed by atoms with Crippen LogP contribution in [0.3, 0.4) is 0 Å². The molecule has 1 amide bonds. The van der Waals surface area contributed by atoms with E-state index in [1.807, 2.05) is 31.2 Å². The lowest BCUT2D eigenvalue weighted by molar-refractivity contribution is 0.102. The van der Waals surface area contributed by atoms with Crippen LogP contribution < -0.4 is 10.1 Å². The zero-order valence-electron chi connectivity index (χ0n) is 21.4. The summed E-state index contributed by atoms with van der Waals surface area (Å²) in [4.78, 5) is 15.3. The lowest BCUT2D eigenvalue weighted by Crippen LogP contribution is -2.30. The maximum atomic E-state index is 13.3. The third kappa shape index (κ3) is 6.17. The van der Waals surface area contributed by atoms with E-state index in [0.717, 1.165) is 46.7 Å². The van der Waals surface area contributed by atoms with Gasteiger partial charge in [-0.3, -0.25) is 9.48 Å². The second kappa shape index (κ2) is 11.1. The fourth-order valence-corrected chi connectivity index (χ4v) is 4.94. The summed E-state index contributed by atoms with van der Waals surface area (Å²) in [6, 6.07) is 19.2. The van der Waals surface area contributed by atoms with Crippen molar-refractivity contribution in [3.63, 3.8) is 0 Å². The minimum atomic E-state index is -0.290. The first kappa shape index (κ1) is 25.0. The van der Waals surface area contributed by atoms with Gasteiger partial charge < -0.3 is 15.0 Å². The first-order valence-electron chi connectivity index (χ1n) is 12.9. The molecule has 1 fully saturated rings. The minimum absolute atomic E-state index is 0.190. The van der Waals surface area contributed by atoms with Crippen LogP contribution in [0, 0.1) is 18.7 Å². The van der Waals surface area contributed by atoms with Crippen LogP contribution in [0.4, 0.5) is 10.1 Å². The van der Waals surface area contributed by atoms with E-state index in [-0.39, 0.29) is 18.3 Å². The Balaban J connectivity index is 1.22. The number of nitrogens with one attached hydrogen (secondary N) is 1. The van der Waals surface area contributed by atoms with Crippen molar-refractivity contribution >= 4 is 22.5 Å². The molecule has 0 bridgehead atoms. The number of fused-ring (bicyclic) bond motifs is 1. The van der Waals surface area contributed by atoms with Gasteiger partial charge in [0.15, 0.2) is 0 Å². The quantitative estimate of drug-likeness (QED) is 0.320. The molecule has 1 N–H and O–H groups in total. The van der Waals surface area contributed by atoms with E-state index >= 15 is 0 Å². The molecule has 4 aromatic rings. The molecule has 1 saturated heterocycles. The molecule has 6 nitrogen and oxygen atoms in total. The molecular formula is C30H33FN4O2. The number of hydrogen-bond acceptors (Lipinski definition) is 4. The Hall–Kier alpha value is -3.71. The predicted molar refractivity (Wildman–Crippen MR) is 144 cm³/mol. The van der Waals surface area contributed by atoms with Crippen molar-refractivity contribution in [1.82, 2.24) is 14.7 Å². The number of halogens is 1. The van der Waals surface area contributed by atoms with Crippen LogP contribution in [0.25, 0.3) is 10.9 Å². The number of nitrogens with zero attached hydrogens (tertiary/aromatic N) is 3. The number of anilines is 1. The molecule has 0 saturated carbocycles. The van der Waals surface area contributed by atoms with Crippen molar-refractivity contribution in [3.8, 4) is 5.75 Å². The number of aryl methyl sites for hydroxylation is 2. The maximum absolute atomic E-state index is 13.3. The lowest BCUT2D eigenvalue weighted by Gasteiger charge is -2.28. The third-order valence-corrected chi connectivity index (χ3v) is 7.19. The van der Waals surface area contributed by atoms with Gasteiger partial charge in [0.2, 0.25) is 0 Å². The van der Waals surface area contributed by atoms with E-state index in [9.17, 15) is 9.18 Å². The van der Waals surface area contributed by atoms with Crippen molar-refractivity contribution in [2.24, 2.45) is 5.92 Å². The van der Waals surface area contributed by atoms with Crippen LogP contribution in [0.2, 0.25) is 0 Å². The molecule has 37 heavy (non-hydrogen) atoms. The number of aromatic nitrogens is 2. The van der Waals surface area contributed by atoms with Crippen molar-refractivity contribution in [3.05, 3.63) is 89.4 Å². The highest BCUT2D eigenvalue weighted by molar-refractivity contribution is 6.05. The van der Waals surface area contributed by atoms with Gasteiger partial charge in [0.25, 0.3) is 5.91 Å². The molecule has 7 heteroatoms. The number of hydrogen-bond donors (Lipinski definition) is 1. The molecule has 1 aliphatic heterocycles. The van der Waals surface area contributed by atoms with Gasteiger partial charge in [-0.1, -0.05) is 12.1 Å². The molecule has 0 radical (unpaired) electrons. The van der Waals surface area contributed by atoms with Gasteiger partial charge in [0, 0.05) is 23.2 Å². The Bertz CT molecular complexity index is 1370. The fraction of sp³-hybridized carbons (Fsp3) is 0.333. The average Bonchev–Trinajstić information content (AvgIpc) is 3.22. The number of rotatable bonds is 8. The van der Waals surface area contributed by atoms with E-state index in [1.165, 1.54) is 38.1 Å². The monoisotopic (exact) mass is 500 g/mol. The first-order chi connectivity index (χ1) is 17.9. The molecule has 5 rings (SSSR count). The number of carbonyl (C=O) groups is 1. The van der Waals surface area contributed by atoms with Gasteiger partial charge in [0.1, 0.15) is 18.2 Å². The van der Waals surface area contributed by atoms with Gasteiger partial charge in [-0.2, -0.15) is 5.10 Å². The molecular weight excluding hydrogens is 467 g/mol. The molecule has 0 atom stereocenters. The summed E-state index contributed by atoms with van der Waals surface area (Å²) in [5.74, 6) is 0.873. The zero-order chi connectivity index (χ0) is 25.8. The van der Waals surface area contributed by atoms with Crippen molar-refractivity contribution in [2.75, 3.05) is 25.5 Å². The van der Waals surface area contributed by atoms with Crippen molar-refractivity contribution in [2.45, 2.75) is 39.3 Å². The summed E-state index contributed by atoms with van der Waals surface area (Å²) in [6.07, 6.45) is 3.60. The third-order valence-electron chi connectivity index (χ3n) is 7.19. The number of piperidine rings is 1. The second-order valence-corrected chi connectivity index (χ2v) is 9.97. The largest absolute Gasteiger partial charge is 0.489 e. The van der Waals surface area contributed by atoms with Gasteiger partial charge in [-0.15, -0.1) is 0 Å². The Morgan fingerprint density at radius 1 is 1.08 bits per heavy atom. The summed E-state index contributed by atoms with van der Waals surface area (Å²) in [7, 11) is 2.19. The number of amides is 1. The van der Waals surface area contributed by atoms with E-state index < -0.39 is 0 Å². The van der Waals surface area contributed by atoms with E-state index in [4.69, 9.17) is 9.84 Å². The number of likely N-dealkylation sites (tertiary alicyclic amines) is 1. The molecule has 2 heterocycles. The molecule has 0 aliphatic carbocycles. The highest BCUT2D eigenvalue weighted by atomic mass is 19.1. The average molecular weight is 501 g/mol.